The lowest BCUT2D eigenvalue weighted by Gasteiger charge is -2.44. The minimum Gasteiger partial charge on any atom is -0.469 e. The van der Waals surface area contributed by atoms with Crippen molar-refractivity contribution in [2.45, 2.75) is 38.1 Å². The highest BCUT2D eigenvalue weighted by molar-refractivity contribution is 6.16. The van der Waals surface area contributed by atoms with Crippen molar-refractivity contribution in [3.8, 4) is 0 Å². The summed E-state index contributed by atoms with van der Waals surface area (Å²) >= 11 is 0. The lowest BCUT2D eigenvalue weighted by molar-refractivity contribution is -0.141. The summed E-state index contributed by atoms with van der Waals surface area (Å²) in [6.45, 7) is 4.26. The van der Waals surface area contributed by atoms with Crippen molar-refractivity contribution in [2.75, 3.05) is 31.6 Å². The SMILES string of the molecule is CCC1=NC(=O)C2(CCN(CCC(=O)OC)CC2)N1c1ccccc1. The molecule has 0 aromatic heterocycles. The molecule has 1 aromatic rings. The fourth-order valence-corrected chi connectivity index (χ4v) is 3.76. The number of methoxy groups -OCH3 is 1. The van der Waals surface area contributed by atoms with Crippen molar-refractivity contribution >= 4 is 23.4 Å². The van der Waals surface area contributed by atoms with Crippen LogP contribution in [0.25, 0.3) is 0 Å². The number of benzene rings is 1. The lowest BCUT2D eigenvalue weighted by Crippen LogP contribution is -2.58. The molecule has 134 valence electrons. The molecule has 6 nitrogen and oxygen atoms in total. The summed E-state index contributed by atoms with van der Waals surface area (Å²) < 4.78 is 4.71. The molecule has 0 saturated carbocycles. The first-order valence-electron chi connectivity index (χ1n) is 8.87. The number of carbonyl (C=O) groups excluding carboxylic acids is 2. The molecule has 1 amide bonds. The van der Waals surface area contributed by atoms with Gasteiger partial charge in [-0.15, -0.1) is 0 Å². The fraction of sp³-hybridized carbons (Fsp3) is 0.526. The number of esters is 1. The summed E-state index contributed by atoms with van der Waals surface area (Å²) in [5.74, 6) is 0.625. The second kappa shape index (κ2) is 7.35. The van der Waals surface area contributed by atoms with E-state index in [2.05, 4.69) is 14.8 Å². The number of nitrogens with zero attached hydrogens (tertiary/aromatic N) is 3. The van der Waals surface area contributed by atoms with E-state index in [1.54, 1.807) is 0 Å². The Morgan fingerprint density at radius 3 is 2.52 bits per heavy atom. The Morgan fingerprint density at radius 2 is 1.92 bits per heavy atom. The normalized spacial score (nSPS) is 20.0. The third kappa shape index (κ3) is 3.31. The van der Waals surface area contributed by atoms with E-state index < -0.39 is 5.54 Å². The number of para-hydroxylation sites is 1. The van der Waals surface area contributed by atoms with Gasteiger partial charge in [-0.2, -0.15) is 4.99 Å². The molecule has 1 fully saturated rings. The van der Waals surface area contributed by atoms with E-state index in [0.717, 1.165) is 43.9 Å². The average molecular weight is 343 g/mol. The number of rotatable bonds is 5. The van der Waals surface area contributed by atoms with Crippen LogP contribution in [0.15, 0.2) is 35.3 Å². The predicted molar refractivity (Wildman–Crippen MR) is 96.7 cm³/mol. The van der Waals surface area contributed by atoms with Gasteiger partial charge in [0.15, 0.2) is 0 Å². The molecule has 0 unspecified atom stereocenters. The van der Waals surface area contributed by atoms with Crippen molar-refractivity contribution in [2.24, 2.45) is 4.99 Å². The Labute approximate surface area is 148 Å². The lowest BCUT2D eigenvalue weighted by atomic mass is 9.85. The van der Waals surface area contributed by atoms with Crippen LogP contribution in [0.1, 0.15) is 32.6 Å². The van der Waals surface area contributed by atoms with Crippen LogP contribution in [0.5, 0.6) is 0 Å². The van der Waals surface area contributed by atoms with Crippen LogP contribution >= 0.6 is 0 Å². The predicted octanol–water partition coefficient (Wildman–Crippen LogP) is 2.24. The zero-order valence-corrected chi connectivity index (χ0v) is 14.9. The van der Waals surface area contributed by atoms with E-state index in [1.807, 2.05) is 37.3 Å². The van der Waals surface area contributed by atoms with Gasteiger partial charge >= 0.3 is 5.97 Å². The average Bonchev–Trinajstić information content (AvgIpc) is 2.93. The molecule has 2 aliphatic heterocycles. The number of anilines is 1. The van der Waals surface area contributed by atoms with E-state index in [4.69, 9.17) is 4.74 Å². The van der Waals surface area contributed by atoms with Gasteiger partial charge in [0.2, 0.25) is 0 Å². The highest BCUT2D eigenvalue weighted by atomic mass is 16.5. The van der Waals surface area contributed by atoms with Crippen LogP contribution in [-0.4, -0.2) is 54.9 Å². The second-order valence-corrected chi connectivity index (χ2v) is 6.56. The minimum absolute atomic E-state index is 0.0270. The van der Waals surface area contributed by atoms with Gasteiger partial charge in [-0.25, -0.2) is 0 Å². The highest BCUT2D eigenvalue weighted by Crippen LogP contribution is 2.39. The van der Waals surface area contributed by atoms with E-state index in [9.17, 15) is 9.59 Å². The van der Waals surface area contributed by atoms with Crippen LogP contribution < -0.4 is 4.90 Å². The van der Waals surface area contributed by atoms with Crippen molar-refractivity contribution in [3.63, 3.8) is 0 Å². The van der Waals surface area contributed by atoms with Gasteiger partial charge in [-0.05, 0) is 25.0 Å². The number of ether oxygens (including phenoxy) is 1. The van der Waals surface area contributed by atoms with E-state index in [-0.39, 0.29) is 11.9 Å². The van der Waals surface area contributed by atoms with Crippen molar-refractivity contribution in [3.05, 3.63) is 30.3 Å². The monoisotopic (exact) mass is 343 g/mol. The molecule has 1 saturated heterocycles. The summed E-state index contributed by atoms with van der Waals surface area (Å²) in [7, 11) is 1.41. The number of aliphatic imine (C=N–C) groups is 1. The van der Waals surface area contributed by atoms with Gasteiger partial charge in [-0.3, -0.25) is 9.59 Å². The van der Waals surface area contributed by atoms with Gasteiger partial charge in [0.1, 0.15) is 11.4 Å². The largest absolute Gasteiger partial charge is 0.469 e. The quantitative estimate of drug-likeness (QED) is 0.767. The fourth-order valence-electron chi connectivity index (χ4n) is 3.76. The molecule has 2 heterocycles. The number of hydrogen-bond donors (Lipinski definition) is 0. The third-order valence-electron chi connectivity index (χ3n) is 5.19. The molecule has 25 heavy (non-hydrogen) atoms. The number of hydrogen-bond acceptors (Lipinski definition) is 5. The van der Waals surface area contributed by atoms with Crippen LogP contribution in [0.3, 0.4) is 0 Å². The standard InChI is InChI=1S/C19H25N3O3/c1-3-16-20-18(24)19(22(16)15-7-5-4-6-8-15)10-13-21(14-11-19)12-9-17(23)25-2/h4-8H,3,9-14H2,1-2H3. The zero-order chi connectivity index (χ0) is 17.9. The molecular formula is C19H25N3O3. The molecule has 0 bridgehead atoms. The van der Waals surface area contributed by atoms with E-state index in [1.165, 1.54) is 7.11 Å². The molecule has 1 spiro atoms. The summed E-state index contributed by atoms with van der Waals surface area (Å²) in [4.78, 5) is 32.9. The number of amides is 1. The summed E-state index contributed by atoms with van der Waals surface area (Å²) in [5.41, 5.74) is 0.450. The number of piperidine rings is 1. The van der Waals surface area contributed by atoms with Crippen molar-refractivity contribution < 1.29 is 14.3 Å². The first kappa shape index (κ1) is 17.6. The Morgan fingerprint density at radius 1 is 1.24 bits per heavy atom. The Hall–Kier alpha value is -2.21. The van der Waals surface area contributed by atoms with Crippen LogP contribution in [0.4, 0.5) is 5.69 Å². The maximum Gasteiger partial charge on any atom is 0.306 e. The second-order valence-electron chi connectivity index (χ2n) is 6.56. The van der Waals surface area contributed by atoms with Gasteiger partial charge in [0.25, 0.3) is 5.91 Å². The Balaban J connectivity index is 1.76. The zero-order valence-electron chi connectivity index (χ0n) is 14.9. The number of likely N-dealkylation sites (tertiary alicyclic amines) is 1. The Bertz CT molecular complexity index is 664. The molecule has 3 rings (SSSR count). The summed E-state index contributed by atoms with van der Waals surface area (Å²) in [5, 5.41) is 0. The molecule has 0 aliphatic carbocycles. The van der Waals surface area contributed by atoms with E-state index >= 15 is 0 Å². The topological polar surface area (TPSA) is 62.2 Å². The molecule has 1 aromatic carbocycles. The van der Waals surface area contributed by atoms with Gasteiger partial charge in [0.05, 0.1) is 13.5 Å². The van der Waals surface area contributed by atoms with Crippen molar-refractivity contribution in [1.29, 1.82) is 0 Å². The van der Waals surface area contributed by atoms with E-state index in [0.29, 0.717) is 13.0 Å². The number of amidine groups is 1. The molecule has 2 aliphatic rings. The molecule has 0 atom stereocenters. The molecular weight excluding hydrogens is 318 g/mol. The minimum atomic E-state index is -0.575. The summed E-state index contributed by atoms with van der Waals surface area (Å²) in [6.07, 6.45) is 2.55. The summed E-state index contributed by atoms with van der Waals surface area (Å²) in [6, 6.07) is 10.0. The molecule has 0 N–H and O–H groups in total. The van der Waals surface area contributed by atoms with Crippen molar-refractivity contribution in [1.82, 2.24) is 4.90 Å². The first-order chi connectivity index (χ1) is 12.1. The van der Waals surface area contributed by atoms with Gasteiger partial charge < -0.3 is 14.5 Å². The third-order valence-corrected chi connectivity index (χ3v) is 5.19. The number of carbonyl (C=O) groups is 2. The highest BCUT2D eigenvalue weighted by Gasteiger charge is 2.51. The van der Waals surface area contributed by atoms with Crippen LogP contribution in [0, 0.1) is 0 Å². The molecule has 6 heteroatoms. The first-order valence-corrected chi connectivity index (χ1v) is 8.87. The van der Waals surface area contributed by atoms with Crippen LogP contribution in [-0.2, 0) is 14.3 Å². The smallest absolute Gasteiger partial charge is 0.306 e. The Kier molecular flexibility index (Phi) is 5.18. The van der Waals surface area contributed by atoms with Gasteiger partial charge in [-0.1, -0.05) is 25.1 Å². The maximum atomic E-state index is 12.8. The van der Waals surface area contributed by atoms with Crippen LogP contribution in [0.2, 0.25) is 0 Å². The van der Waals surface area contributed by atoms with Gasteiger partial charge in [0, 0.05) is 31.7 Å². The maximum absolute atomic E-state index is 12.8. The molecule has 0 radical (unpaired) electrons.